The largest absolute Gasteiger partial charge is 0.412 e. The lowest BCUT2D eigenvalue weighted by Gasteiger charge is -2.30. The van der Waals surface area contributed by atoms with E-state index in [0.717, 1.165) is 37.2 Å². The molecule has 1 fully saturated rings. The van der Waals surface area contributed by atoms with Crippen molar-refractivity contribution in [2.45, 2.75) is 50.7 Å². The first kappa shape index (κ1) is 26.0. The maximum Gasteiger partial charge on any atom is 0.412 e. The Labute approximate surface area is 220 Å². The zero-order valence-corrected chi connectivity index (χ0v) is 21.4. The molecular formula is C29H31F3N6. The number of nitrogens with zero attached hydrogens (tertiary/aromatic N) is 4. The van der Waals surface area contributed by atoms with Crippen LogP contribution in [0.5, 0.6) is 0 Å². The van der Waals surface area contributed by atoms with E-state index in [1.165, 1.54) is 12.2 Å². The second-order valence-electron chi connectivity index (χ2n) is 9.96. The lowest BCUT2D eigenvalue weighted by atomic mass is 9.77. The Bertz CT molecular complexity index is 1320. The number of anilines is 1. The topological polar surface area (TPSA) is 75.6 Å². The van der Waals surface area contributed by atoms with E-state index in [1.807, 2.05) is 49.4 Å². The van der Waals surface area contributed by atoms with Crippen molar-refractivity contribution in [1.29, 1.82) is 0 Å². The smallest absolute Gasteiger partial charge is 0.348 e. The number of aromatic nitrogens is 4. The summed E-state index contributed by atoms with van der Waals surface area (Å²) in [5.74, 6) is -0.665. The molecule has 3 heterocycles. The van der Waals surface area contributed by atoms with Crippen molar-refractivity contribution in [1.82, 2.24) is 25.5 Å². The highest BCUT2D eigenvalue weighted by molar-refractivity contribution is 5.62. The third kappa shape index (κ3) is 5.62. The second kappa shape index (κ2) is 11.0. The molecule has 38 heavy (non-hydrogen) atoms. The van der Waals surface area contributed by atoms with Crippen LogP contribution in [-0.2, 0) is 0 Å². The zero-order chi connectivity index (χ0) is 26.7. The van der Waals surface area contributed by atoms with Gasteiger partial charge >= 0.3 is 6.18 Å². The molecule has 6 nitrogen and oxygen atoms in total. The molecule has 3 aromatic rings. The highest BCUT2D eigenvalue weighted by Gasteiger charge is 2.41. The number of nitrogens with one attached hydrogen (secondary N) is 2. The Morgan fingerprint density at radius 1 is 1.05 bits per heavy atom. The Kier molecular flexibility index (Phi) is 7.56. The molecule has 1 aliphatic carbocycles. The van der Waals surface area contributed by atoms with Crippen molar-refractivity contribution >= 4 is 5.95 Å². The van der Waals surface area contributed by atoms with E-state index < -0.39 is 23.6 Å². The van der Waals surface area contributed by atoms with E-state index in [2.05, 4.69) is 25.8 Å². The number of halogens is 3. The Balaban J connectivity index is 1.52. The average Bonchev–Trinajstić information content (AvgIpc) is 2.93. The molecule has 0 radical (unpaired) electrons. The molecular weight excluding hydrogens is 489 g/mol. The average molecular weight is 521 g/mol. The first-order valence-electron chi connectivity index (χ1n) is 13.0. The highest BCUT2D eigenvalue weighted by Crippen LogP contribution is 2.44. The standard InChI is InChI=1S/C29H31F3N6/c1-18-22(9-6-10-24(18)29(30,31)32)23-17-26(21-11-14-33-15-12-21)37-38-27(23)25-13-16-34-28(36-25)35-19(2)20-7-4-3-5-8-20/h3-10,13,16-19,21-22,33H,11-12,14-15H2,1-2H3,(H,34,35,36)/t18?,19-,22?/m0/s1. The summed E-state index contributed by atoms with van der Waals surface area (Å²) in [7, 11) is 0. The lowest BCUT2D eigenvalue weighted by molar-refractivity contribution is -0.0991. The predicted octanol–water partition coefficient (Wildman–Crippen LogP) is 6.35. The third-order valence-corrected chi connectivity index (χ3v) is 7.45. The van der Waals surface area contributed by atoms with Gasteiger partial charge in [-0.1, -0.05) is 55.5 Å². The van der Waals surface area contributed by atoms with E-state index in [9.17, 15) is 13.2 Å². The summed E-state index contributed by atoms with van der Waals surface area (Å²) in [6.07, 6.45) is 3.55. The minimum absolute atomic E-state index is 0.0416. The van der Waals surface area contributed by atoms with Crippen LogP contribution in [0.2, 0.25) is 0 Å². The van der Waals surface area contributed by atoms with Crippen LogP contribution in [-0.4, -0.2) is 39.4 Å². The van der Waals surface area contributed by atoms with Gasteiger partial charge in [-0.3, -0.25) is 0 Å². The van der Waals surface area contributed by atoms with Crippen molar-refractivity contribution in [3.05, 3.63) is 89.3 Å². The first-order valence-corrected chi connectivity index (χ1v) is 13.0. The molecule has 0 saturated carbocycles. The fraction of sp³-hybridized carbons (Fsp3) is 0.379. The molecule has 2 aliphatic rings. The number of hydrogen-bond donors (Lipinski definition) is 2. The molecule has 1 aromatic carbocycles. The number of allylic oxidation sites excluding steroid dienone is 4. The fourth-order valence-electron chi connectivity index (χ4n) is 5.29. The summed E-state index contributed by atoms with van der Waals surface area (Å²) in [5.41, 5.74) is 3.06. The summed E-state index contributed by atoms with van der Waals surface area (Å²) in [4.78, 5) is 9.08. The van der Waals surface area contributed by atoms with Gasteiger partial charge in [0.25, 0.3) is 0 Å². The zero-order valence-electron chi connectivity index (χ0n) is 21.4. The maximum absolute atomic E-state index is 13.8. The Morgan fingerprint density at radius 2 is 1.82 bits per heavy atom. The van der Waals surface area contributed by atoms with E-state index in [1.54, 1.807) is 19.2 Å². The fourth-order valence-corrected chi connectivity index (χ4v) is 5.29. The van der Waals surface area contributed by atoms with Crippen LogP contribution in [0.3, 0.4) is 0 Å². The van der Waals surface area contributed by atoms with Crippen LogP contribution in [0.4, 0.5) is 19.1 Å². The van der Waals surface area contributed by atoms with Crippen molar-refractivity contribution < 1.29 is 13.2 Å². The predicted molar refractivity (Wildman–Crippen MR) is 142 cm³/mol. The minimum atomic E-state index is -4.40. The van der Waals surface area contributed by atoms with E-state index in [4.69, 9.17) is 4.98 Å². The number of hydrogen-bond acceptors (Lipinski definition) is 6. The van der Waals surface area contributed by atoms with Crippen molar-refractivity contribution in [3.63, 3.8) is 0 Å². The molecule has 0 bridgehead atoms. The van der Waals surface area contributed by atoms with Gasteiger partial charge in [0.15, 0.2) is 0 Å². The van der Waals surface area contributed by atoms with Crippen molar-refractivity contribution in [2.75, 3.05) is 18.4 Å². The molecule has 9 heteroatoms. The summed E-state index contributed by atoms with van der Waals surface area (Å²) in [5, 5.41) is 15.8. The van der Waals surface area contributed by atoms with Gasteiger partial charge in [-0.2, -0.15) is 18.3 Å². The number of benzene rings is 1. The summed E-state index contributed by atoms with van der Waals surface area (Å²) in [6.45, 7) is 5.40. The van der Waals surface area contributed by atoms with Crippen LogP contribution < -0.4 is 10.6 Å². The SMILES string of the molecule is CC1C(C(F)(F)F)=CC=CC1c1cc(C2CCNCC2)nnc1-c1ccnc(N[C@@H](C)c2ccccc2)n1. The summed E-state index contributed by atoms with van der Waals surface area (Å²) < 4.78 is 41.5. The molecule has 0 amide bonds. The molecule has 3 atom stereocenters. The van der Waals surface area contributed by atoms with Crippen LogP contribution in [0.25, 0.3) is 11.4 Å². The van der Waals surface area contributed by atoms with Gasteiger partial charge in [0, 0.05) is 23.6 Å². The Hall–Kier alpha value is -3.59. The van der Waals surface area contributed by atoms with Gasteiger partial charge in [0.05, 0.1) is 17.4 Å². The molecule has 1 saturated heterocycles. The van der Waals surface area contributed by atoms with Crippen LogP contribution >= 0.6 is 0 Å². The van der Waals surface area contributed by atoms with Crippen molar-refractivity contribution in [2.24, 2.45) is 5.92 Å². The second-order valence-corrected chi connectivity index (χ2v) is 9.96. The minimum Gasteiger partial charge on any atom is -0.348 e. The normalized spacial score (nSPS) is 21.1. The summed E-state index contributed by atoms with van der Waals surface area (Å²) >= 11 is 0. The highest BCUT2D eigenvalue weighted by atomic mass is 19.4. The van der Waals surface area contributed by atoms with Gasteiger partial charge in [-0.15, -0.1) is 5.10 Å². The summed E-state index contributed by atoms with van der Waals surface area (Å²) in [6, 6.07) is 13.6. The number of rotatable bonds is 6. The Morgan fingerprint density at radius 3 is 2.55 bits per heavy atom. The molecule has 5 rings (SSSR count). The molecule has 2 N–H and O–H groups in total. The van der Waals surface area contributed by atoms with Crippen LogP contribution in [0, 0.1) is 5.92 Å². The van der Waals surface area contributed by atoms with E-state index in [0.29, 0.717) is 22.9 Å². The van der Waals surface area contributed by atoms with E-state index in [-0.39, 0.29) is 12.0 Å². The molecule has 2 unspecified atom stereocenters. The molecule has 198 valence electrons. The first-order chi connectivity index (χ1) is 18.3. The molecule has 0 spiro atoms. The van der Waals surface area contributed by atoms with Gasteiger partial charge in [0.1, 0.15) is 5.69 Å². The third-order valence-electron chi connectivity index (χ3n) is 7.45. The number of alkyl halides is 3. The monoisotopic (exact) mass is 520 g/mol. The van der Waals surface area contributed by atoms with E-state index >= 15 is 0 Å². The maximum atomic E-state index is 13.8. The van der Waals surface area contributed by atoms with Crippen LogP contribution in [0.1, 0.15) is 61.4 Å². The van der Waals surface area contributed by atoms with Gasteiger partial charge in [0.2, 0.25) is 5.95 Å². The number of piperidine rings is 1. The van der Waals surface area contributed by atoms with Gasteiger partial charge in [-0.25, -0.2) is 9.97 Å². The van der Waals surface area contributed by atoms with Crippen LogP contribution in [0.15, 0.2) is 72.5 Å². The molecule has 2 aromatic heterocycles. The lowest BCUT2D eigenvalue weighted by Crippen LogP contribution is -2.28. The quantitative estimate of drug-likeness (QED) is 0.394. The van der Waals surface area contributed by atoms with Gasteiger partial charge in [-0.05, 0) is 62.0 Å². The van der Waals surface area contributed by atoms with Gasteiger partial charge < -0.3 is 10.6 Å². The van der Waals surface area contributed by atoms with Crippen molar-refractivity contribution in [3.8, 4) is 11.4 Å². The molecule has 1 aliphatic heterocycles.